The smallest absolute Gasteiger partial charge is 0.293 e. The predicted octanol–water partition coefficient (Wildman–Crippen LogP) is 5.58. The first-order chi connectivity index (χ1) is 17.0. The van der Waals surface area contributed by atoms with E-state index in [1.54, 1.807) is 55.7 Å². The van der Waals surface area contributed by atoms with E-state index in [1.807, 2.05) is 37.3 Å². The zero-order valence-electron chi connectivity index (χ0n) is 19.3. The average molecular weight is 489 g/mol. The normalized spacial score (nSPS) is 14.3. The van der Waals surface area contributed by atoms with E-state index in [2.05, 4.69) is 5.32 Å². The minimum Gasteiger partial charge on any atom is -0.493 e. The quantitative estimate of drug-likeness (QED) is 0.417. The summed E-state index contributed by atoms with van der Waals surface area (Å²) in [6.45, 7) is 2.51. The first-order valence-corrected chi connectivity index (χ1v) is 11.8. The summed E-state index contributed by atoms with van der Waals surface area (Å²) in [5.74, 6) is 0.568. The standard InChI is InChI=1S/C27H24N2O5S/c1-3-34-22-14-11-19(15-23(22)33-2)16-24-26(31)29(27(32)35-24)17-18-9-12-20(13-10-18)25(30)28-21-7-5-4-6-8-21/h4-16H,3,17H2,1-2H3,(H,28,30)/b24-16-. The monoisotopic (exact) mass is 488 g/mol. The lowest BCUT2D eigenvalue weighted by Crippen LogP contribution is -2.27. The minimum absolute atomic E-state index is 0.120. The van der Waals surface area contributed by atoms with Crippen LogP contribution >= 0.6 is 11.8 Å². The molecule has 178 valence electrons. The van der Waals surface area contributed by atoms with Crippen LogP contribution in [0.3, 0.4) is 0 Å². The lowest BCUT2D eigenvalue weighted by molar-refractivity contribution is -0.123. The van der Waals surface area contributed by atoms with Gasteiger partial charge in [-0.15, -0.1) is 0 Å². The Hall–Kier alpha value is -4.04. The second-order valence-corrected chi connectivity index (χ2v) is 8.62. The molecule has 0 unspecified atom stereocenters. The van der Waals surface area contributed by atoms with Crippen molar-refractivity contribution in [2.45, 2.75) is 13.5 Å². The number of imide groups is 1. The van der Waals surface area contributed by atoms with Gasteiger partial charge in [0.25, 0.3) is 17.1 Å². The van der Waals surface area contributed by atoms with Crippen LogP contribution in [0.15, 0.2) is 77.7 Å². The minimum atomic E-state index is -0.362. The van der Waals surface area contributed by atoms with Gasteiger partial charge >= 0.3 is 0 Å². The molecule has 1 fully saturated rings. The maximum atomic E-state index is 12.9. The van der Waals surface area contributed by atoms with Crippen LogP contribution in [-0.4, -0.2) is 35.7 Å². The van der Waals surface area contributed by atoms with Gasteiger partial charge in [-0.05, 0) is 72.3 Å². The number of carbonyl (C=O) groups is 3. The second-order valence-electron chi connectivity index (χ2n) is 7.63. The molecule has 8 heteroatoms. The van der Waals surface area contributed by atoms with Gasteiger partial charge < -0.3 is 14.8 Å². The maximum absolute atomic E-state index is 12.9. The van der Waals surface area contributed by atoms with E-state index in [9.17, 15) is 14.4 Å². The number of methoxy groups -OCH3 is 1. The van der Waals surface area contributed by atoms with Crippen molar-refractivity contribution >= 4 is 40.6 Å². The third kappa shape index (κ3) is 5.73. The molecule has 0 aromatic heterocycles. The average Bonchev–Trinajstić information content (AvgIpc) is 3.13. The molecule has 1 N–H and O–H groups in total. The number of nitrogens with one attached hydrogen (secondary N) is 1. The number of hydrogen-bond donors (Lipinski definition) is 1. The lowest BCUT2D eigenvalue weighted by Gasteiger charge is -2.13. The van der Waals surface area contributed by atoms with Crippen LogP contribution in [-0.2, 0) is 11.3 Å². The number of amides is 3. The maximum Gasteiger partial charge on any atom is 0.293 e. The van der Waals surface area contributed by atoms with Crippen molar-refractivity contribution in [1.29, 1.82) is 0 Å². The van der Waals surface area contributed by atoms with Crippen molar-refractivity contribution < 1.29 is 23.9 Å². The molecule has 4 rings (SSSR count). The van der Waals surface area contributed by atoms with E-state index in [-0.39, 0.29) is 23.6 Å². The first-order valence-electron chi connectivity index (χ1n) is 11.0. The van der Waals surface area contributed by atoms with Gasteiger partial charge in [-0.25, -0.2) is 0 Å². The van der Waals surface area contributed by atoms with E-state index < -0.39 is 0 Å². The Kier molecular flexibility index (Phi) is 7.52. The third-order valence-electron chi connectivity index (χ3n) is 5.25. The van der Waals surface area contributed by atoms with Crippen molar-refractivity contribution in [1.82, 2.24) is 4.90 Å². The van der Waals surface area contributed by atoms with Crippen LogP contribution in [0.1, 0.15) is 28.4 Å². The number of para-hydroxylation sites is 1. The Morgan fingerprint density at radius 1 is 1.00 bits per heavy atom. The molecule has 3 amide bonds. The number of ether oxygens (including phenoxy) is 2. The summed E-state index contributed by atoms with van der Waals surface area (Å²) in [4.78, 5) is 39.4. The van der Waals surface area contributed by atoms with Crippen molar-refractivity contribution in [3.05, 3.63) is 94.4 Å². The summed E-state index contributed by atoms with van der Waals surface area (Å²) in [5, 5.41) is 2.48. The molecule has 1 saturated heterocycles. The summed E-state index contributed by atoms with van der Waals surface area (Å²) < 4.78 is 10.9. The molecule has 0 bridgehead atoms. The summed E-state index contributed by atoms with van der Waals surface area (Å²) in [6, 6.07) is 21.3. The molecule has 0 aliphatic carbocycles. The fraction of sp³-hybridized carbons (Fsp3) is 0.148. The highest BCUT2D eigenvalue weighted by Crippen LogP contribution is 2.35. The lowest BCUT2D eigenvalue weighted by atomic mass is 10.1. The molecular weight excluding hydrogens is 464 g/mol. The predicted molar refractivity (Wildman–Crippen MR) is 137 cm³/mol. The summed E-state index contributed by atoms with van der Waals surface area (Å²) >= 11 is 0.895. The van der Waals surface area contributed by atoms with Crippen LogP contribution in [0, 0.1) is 0 Å². The second kappa shape index (κ2) is 10.9. The molecule has 3 aromatic rings. The van der Waals surface area contributed by atoms with Gasteiger partial charge in [-0.2, -0.15) is 0 Å². The summed E-state index contributed by atoms with van der Waals surface area (Å²) in [5.41, 5.74) is 2.66. The van der Waals surface area contributed by atoms with Crippen LogP contribution < -0.4 is 14.8 Å². The number of carbonyl (C=O) groups excluding carboxylic acids is 3. The van der Waals surface area contributed by atoms with Gasteiger partial charge in [-0.3, -0.25) is 19.3 Å². The molecule has 0 atom stereocenters. The molecule has 1 aliphatic heterocycles. The molecule has 0 radical (unpaired) electrons. The van der Waals surface area contributed by atoms with Crippen LogP contribution in [0.4, 0.5) is 10.5 Å². The van der Waals surface area contributed by atoms with E-state index in [1.165, 1.54) is 4.90 Å². The van der Waals surface area contributed by atoms with E-state index in [0.29, 0.717) is 34.3 Å². The molecule has 3 aromatic carbocycles. The van der Waals surface area contributed by atoms with E-state index in [4.69, 9.17) is 9.47 Å². The van der Waals surface area contributed by atoms with Gasteiger partial charge in [0.05, 0.1) is 25.2 Å². The van der Waals surface area contributed by atoms with Crippen LogP contribution in [0.25, 0.3) is 6.08 Å². The highest BCUT2D eigenvalue weighted by Gasteiger charge is 2.35. The van der Waals surface area contributed by atoms with Crippen molar-refractivity contribution in [3.8, 4) is 11.5 Å². The number of anilines is 1. The highest BCUT2D eigenvalue weighted by molar-refractivity contribution is 8.18. The SMILES string of the molecule is CCOc1ccc(/C=C2\SC(=O)N(Cc3ccc(C(=O)Nc4ccccc4)cc3)C2=O)cc1OC. The third-order valence-corrected chi connectivity index (χ3v) is 6.15. The molecule has 0 spiro atoms. The fourth-order valence-corrected chi connectivity index (χ4v) is 4.34. The molecule has 7 nitrogen and oxygen atoms in total. The molecule has 35 heavy (non-hydrogen) atoms. The number of hydrogen-bond acceptors (Lipinski definition) is 6. The van der Waals surface area contributed by atoms with E-state index in [0.717, 1.165) is 22.9 Å². The largest absolute Gasteiger partial charge is 0.493 e. The zero-order chi connectivity index (χ0) is 24.8. The molecule has 1 heterocycles. The number of benzene rings is 3. The Labute approximate surface area is 207 Å². The Morgan fingerprint density at radius 2 is 1.74 bits per heavy atom. The Morgan fingerprint density at radius 3 is 2.43 bits per heavy atom. The summed E-state index contributed by atoms with van der Waals surface area (Å²) in [6.07, 6.45) is 1.67. The zero-order valence-corrected chi connectivity index (χ0v) is 20.1. The van der Waals surface area contributed by atoms with Crippen molar-refractivity contribution in [3.63, 3.8) is 0 Å². The Bertz CT molecular complexity index is 1270. The van der Waals surface area contributed by atoms with Gasteiger partial charge in [0.15, 0.2) is 11.5 Å². The van der Waals surface area contributed by atoms with Gasteiger partial charge in [0.2, 0.25) is 0 Å². The van der Waals surface area contributed by atoms with Gasteiger partial charge in [0.1, 0.15) is 0 Å². The van der Waals surface area contributed by atoms with Crippen molar-refractivity contribution in [2.75, 3.05) is 19.0 Å². The number of nitrogens with zero attached hydrogens (tertiary/aromatic N) is 1. The van der Waals surface area contributed by atoms with Crippen LogP contribution in [0.5, 0.6) is 11.5 Å². The fourth-order valence-electron chi connectivity index (χ4n) is 3.51. The topological polar surface area (TPSA) is 84.9 Å². The van der Waals surface area contributed by atoms with E-state index >= 15 is 0 Å². The molecule has 1 aliphatic rings. The van der Waals surface area contributed by atoms with Crippen molar-refractivity contribution in [2.24, 2.45) is 0 Å². The first kappa shape index (κ1) is 24.1. The summed E-state index contributed by atoms with van der Waals surface area (Å²) in [7, 11) is 1.55. The number of rotatable bonds is 8. The van der Waals surface area contributed by atoms with Gasteiger partial charge in [-0.1, -0.05) is 36.4 Å². The van der Waals surface area contributed by atoms with Crippen LogP contribution in [0.2, 0.25) is 0 Å². The number of thioether (sulfide) groups is 1. The Balaban J connectivity index is 1.44. The molecule has 0 saturated carbocycles. The van der Waals surface area contributed by atoms with Gasteiger partial charge in [0, 0.05) is 11.3 Å². The highest BCUT2D eigenvalue weighted by atomic mass is 32.2. The molecular formula is C27H24N2O5S.